The Morgan fingerprint density at radius 3 is 2.68 bits per heavy atom. The Morgan fingerprint density at radius 2 is 2.00 bits per heavy atom. The molecule has 0 saturated carbocycles. The van der Waals surface area contributed by atoms with Crippen LogP contribution < -0.4 is 9.47 Å². The summed E-state index contributed by atoms with van der Waals surface area (Å²) in [6.07, 6.45) is -3.66. The van der Waals surface area contributed by atoms with Gasteiger partial charge in [-0.1, -0.05) is 0 Å². The van der Waals surface area contributed by atoms with E-state index in [-0.39, 0.29) is 18.3 Å². The Kier molecular flexibility index (Phi) is 5.85. The largest absolute Gasteiger partial charge is 0.573 e. The second-order valence-electron chi connectivity index (χ2n) is 6.89. The molecule has 2 aliphatic rings. The quantitative estimate of drug-likeness (QED) is 0.709. The first-order chi connectivity index (χ1) is 13.3. The molecule has 2 aliphatic heterocycles. The van der Waals surface area contributed by atoms with Crippen molar-refractivity contribution in [3.8, 4) is 11.5 Å². The number of benzene rings is 1. The first-order valence-electron chi connectivity index (χ1n) is 8.82. The van der Waals surface area contributed by atoms with Gasteiger partial charge in [0.05, 0.1) is 7.11 Å². The molecule has 2 saturated heterocycles. The average molecular weight is 402 g/mol. The summed E-state index contributed by atoms with van der Waals surface area (Å²) < 4.78 is 51.2. The maximum Gasteiger partial charge on any atom is 0.573 e. The molecule has 10 heteroatoms. The maximum atomic E-state index is 12.4. The summed E-state index contributed by atoms with van der Waals surface area (Å²) in [5.41, 5.74) is 0.424. The van der Waals surface area contributed by atoms with E-state index in [1.165, 1.54) is 13.2 Å². The molecule has 0 bridgehead atoms. The molecular weight excluding hydrogens is 381 g/mol. The van der Waals surface area contributed by atoms with E-state index < -0.39 is 18.2 Å². The van der Waals surface area contributed by atoms with Crippen LogP contribution in [-0.4, -0.2) is 62.0 Å². The molecule has 2 heterocycles. The molecule has 0 radical (unpaired) electrons. The van der Waals surface area contributed by atoms with Crippen LogP contribution in [0.15, 0.2) is 18.2 Å². The maximum absolute atomic E-state index is 12.4. The van der Waals surface area contributed by atoms with Crippen molar-refractivity contribution in [1.82, 2.24) is 9.80 Å². The molecule has 0 spiro atoms. The highest BCUT2D eigenvalue weighted by atomic mass is 19.4. The monoisotopic (exact) mass is 402 g/mol. The summed E-state index contributed by atoms with van der Waals surface area (Å²) in [7, 11) is 1.31. The Bertz CT molecular complexity index is 728. The van der Waals surface area contributed by atoms with Gasteiger partial charge >= 0.3 is 12.5 Å². The van der Waals surface area contributed by atoms with Crippen LogP contribution in [0, 0.1) is 11.8 Å². The number of rotatable bonds is 5. The Hall–Kier alpha value is -2.65. The van der Waals surface area contributed by atoms with Gasteiger partial charge in [0.25, 0.3) is 0 Å². The van der Waals surface area contributed by atoms with Crippen LogP contribution >= 0.6 is 0 Å². The van der Waals surface area contributed by atoms with Crippen molar-refractivity contribution in [2.45, 2.75) is 19.4 Å². The van der Waals surface area contributed by atoms with Gasteiger partial charge in [0, 0.05) is 37.8 Å². The number of ether oxygens (including phenoxy) is 3. The van der Waals surface area contributed by atoms with Gasteiger partial charge in [0.15, 0.2) is 0 Å². The Balaban J connectivity index is 1.56. The van der Waals surface area contributed by atoms with Crippen molar-refractivity contribution in [3.05, 3.63) is 23.8 Å². The predicted octanol–water partition coefficient (Wildman–Crippen LogP) is 2.64. The third-order valence-corrected chi connectivity index (χ3v) is 5.08. The lowest BCUT2D eigenvalue weighted by atomic mass is 9.89. The van der Waals surface area contributed by atoms with Crippen molar-refractivity contribution >= 4 is 12.5 Å². The lowest BCUT2D eigenvalue weighted by molar-refractivity contribution is -0.274. The van der Waals surface area contributed by atoms with Gasteiger partial charge in [-0.05, 0) is 30.4 Å². The zero-order chi connectivity index (χ0) is 20.3. The summed E-state index contributed by atoms with van der Waals surface area (Å²) in [6, 6.07) is 3.59. The number of fused-ring (bicyclic) bond motifs is 1. The van der Waals surface area contributed by atoms with Crippen molar-refractivity contribution in [1.29, 1.82) is 0 Å². The van der Waals surface area contributed by atoms with Crippen LogP contribution in [0.3, 0.4) is 0 Å². The van der Waals surface area contributed by atoms with E-state index in [2.05, 4.69) is 4.74 Å². The number of halogens is 3. The Morgan fingerprint density at radius 1 is 1.25 bits per heavy atom. The molecular formula is C18H21F3N2O5. The second kappa shape index (κ2) is 8.15. The van der Waals surface area contributed by atoms with Crippen LogP contribution in [-0.2, 0) is 16.1 Å². The van der Waals surface area contributed by atoms with E-state index in [1.54, 1.807) is 9.80 Å². The zero-order valence-electron chi connectivity index (χ0n) is 15.3. The van der Waals surface area contributed by atoms with Crippen LogP contribution in [0.2, 0.25) is 0 Å². The molecule has 0 aromatic heterocycles. The number of carbonyl (C=O) groups is 2. The average Bonchev–Trinajstić information content (AvgIpc) is 3.07. The lowest BCUT2D eigenvalue weighted by Crippen LogP contribution is -2.43. The molecule has 2 atom stereocenters. The summed E-state index contributed by atoms with van der Waals surface area (Å²) in [5.74, 6) is 0.350. The SMILES string of the molecule is COc1cc(OC(F)(F)F)ccc1COC(=O)N1CCC2CN(C=O)CC2C1. The fourth-order valence-electron chi connectivity index (χ4n) is 3.73. The molecule has 28 heavy (non-hydrogen) atoms. The molecule has 0 N–H and O–H groups in total. The first kappa shape index (κ1) is 20.1. The van der Waals surface area contributed by atoms with E-state index in [1.807, 2.05) is 0 Å². The molecule has 2 amide bonds. The topological polar surface area (TPSA) is 68.3 Å². The lowest BCUT2D eigenvalue weighted by Gasteiger charge is -2.33. The number of piperidine rings is 1. The number of hydrogen-bond donors (Lipinski definition) is 0. The number of methoxy groups -OCH3 is 1. The molecule has 7 nitrogen and oxygen atoms in total. The van der Waals surface area contributed by atoms with Gasteiger partial charge < -0.3 is 24.0 Å². The van der Waals surface area contributed by atoms with Gasteiger partial charge in [-0.15, -0.1) is 13.2 Å². The molecule has 1 aromatic carbocycles. The van der Waals surface area contributed by atoms with E-state index >= 15 is 0 Å². The molecule has 1 aromatic rings. The number of amides is 2. The highest BCUT2D eigenvalue weighted by Crippen LogP contribution is 2.32. The number of nitrogens with zero attached hydrogens (tertiary/aromatic N) is 2. The minimum absolute atomic E-state index is 0.130. The minimum Gasteiger partial charge on any atom is -0.496 e. The molecule has 0 aliphatic carbocycles. The highest BCUT2D eigenvalue weighted by molar-refractivity contribution is 5.68. The van der Waals surface area contributed by atoms with E-state index in [0.29, 0.717) is 31.1 Å². The first-order valence-corrected chi connectivity index (χ1v) is 8.82. The smallest absolute Gasteiger partial charge is 0.496 e. The number of hydrogen-bond acceptors (Lipinski definition) is 5. The molecule has 2 unspecified atom stereocenters. The summed E-state index contributed by atoms with van der Waals surface area (Å²) in [6.45, 7) is 2.28. The van der Waals surface area contributed by atoms with Crippen LogP contribution in [0.5, 0.6) is 11.5 Å². The van der Waals surface area contributed by atoms with Gasteiger partial charge in [0.2, 0.25) is 6.41 Å². The van der Waals surface area contributed by atoms with Crippen LogP contribution in [0.25, 0.3) is 0 Å². The van der Waals surface area contributed by atoms with E-state index in [4.69, 9.17) is 9.47 Å². The fourth-order valence-corrected chi connectivity index (χ4v) is 3.73. The molecule has 3 rings (SSSR count). The summed E-state index contributed by atoms with van der Waals surface area (Å²) >= 11 is 0. The fraction of sp³-hybridized carbons (Fsp3) is 0.556. The Labute approximate surface area is 159 Å². The molecule has 2 fully saturated rings. The summed E-state index contributed by atoms with van der Waals surface area (Å²) in [4.78, 5) is 26.6. The van der Waals surface area contributed by atoms with Gasteiger partial charge in [-0.25, -0.2) is 4.79 Å². The third kappa shape index (κ3) is 4.79. The van der Waals surface area contributed by atoms with E-state index in [0.717, 1.165) is 31.5 Å². The van der Waals surface area contributed by atoms with Crippen molar-refractivity contribution in [2.24, 2.45) is 11.8 Å². The van der Waals surface area contributed by atoms with Crippen LogP contribution in [0.4, 0.5) is 18.0 Å². The number of carbonyl (C=O) groups excluding carboxylic acids is 2. The zero-order valence-corrected chi connectivity index (χ0v) is 15.3. The van der Waals surface area contributed by atoms with Gasteiger partial charge in [-0.3, -0.25) is 4.79 Å². The van der Waals surface area contributed by atoms with Crippen LogP contribution in [0.1, 0.15) is 12.0 Å². The number of alkyl halides is 3. The number of likely N-dealkylation sites (tertiary alicyclic amines) is 2. The minimum atomic E-state index is -4.80. The van der Waals surface area contributed by atoms with Crippen molar-refractivity contribution in [2.75, 3.05) is 33.3 Å². The van der Waals surface area contributed by atoms with Gasteiger partial charge in [0.1, 0.15) is 18.1 Å². The van der Waals surface area contributed by atoms with Crippen molar-refractivity contribution < 1.29 is 37.0 Å². The third-order valence-electron chi connectivity index (χ3n) is 5.08. The standard InChI is InChI=1S/C18H21F3N2O5/c1-26-16-6-15(28-18(19,20)21)3-2-13(16)10-27-17(25)23-5-4-12-7-22(11-24)8-14(12)9-23/h2-3,6,11-12,14H,4-5,7-10H2,1H3. The summed E-state index contributed by atoms with van der Waals surface area (Å²) in [5, 5.41) is 0. The normalized spacial score (nSPS) is 21.9. The molecule has 154 valence electrons. The highest BCUT2D eigenvalue weighted by Gasteiger charge is 2.38. The predicted molar refractivity (Wildman–Crippen MR) is 90.7 cm³/mol. The second-order valence-corrected chi connectivity index (χ2v) is 6.89. The van der Waals surface area contributed by atoms with Crippen molar-refractivity contribution in [3.63, 3.8) is 0 Å². The van der Waals surface area contributed by atoms with Gasteiger partial charge in [-0.2, -0.15) is 0 Å². The van der Waals surface area contributed by atoms with E-state index in [9.17, 15) is 22.8 Å².